The van der Waals surface area contributed by atoms with Crippen molar-refractivity contribution in [3.05, 3.63) is 23.5 Å². The van der Waals surface area contributed by atoms with E-state index in [4.69, 9.17) is 0 Å². The molecule has 0 bridgehead atoms. The highest BCUT2D eigenvalue weighted by Crippen LogP contribution is 2.22. The van der Waals surface area contributed by atoms with Crippen LogP contribution in [0.1, 0.15) is 36.8 Å². The minimum Gasteiger partial charge on any atom is -0.298 e. The van der Waals surface area contributed by atoms with Gasteiger partial charge < -0.3 is 0 Å². The normalized spacial score (nSPS) is 12.0. The maximum absolute atomic E-state index is 11.0. The van der Waals surface area contributed by atoms with Gasteiger partial charge in [-0.3, -0.25) is 4.79 Å². The molecule has 2 rings (SSSR count). The topological polar surface area (TPSA) is 47.8 Å². The Balaban J connectivity index is 2.82. The SMILES string of the molecule is Cc1cc(C=O)c2cnn(C(C)(C)C)c2n1. The molecule has 0 spiro atoms. The van der Waals surface area contributed by atoms with E-state index in [-0.39, 0.29) is 5.54 Å². The molecule has 0 atom stereocenters. The Hall–Kier alpha value is -1.71. The van der Waals surface area contributed by atoms with Gasteiger partial charge in [-0.15, -0.1) is 0 Å². The van der Waals surface area contributed by atoms with E-state index in [1.807, 2.05) is 11.6 Å². The fourth-order valence-electron chi connectivity index (χ4n) is 1.74. The summed E-state index contributed by atoms with van der Waals surface area (Å²) in [6.45, 7) is 8.06. The van der Waals surface area contributed by atoms with Crippen LogP contribution < -0.4 is 0 Å². The number of hydrogen-bond acceptors (Lipinski definition) is 3. The average Bonchev–Trinajstić information content (AvgIpc) is 2.58. The lowest BCUT2D eigenvalue weighted by atomic mass is 10.1. The summed E-state index contributed by atoms with van der Waals surface area (Å²) in [6.07, 6.45) is 2.56. The summed E-state index contributed by atoms with van der Waals surface area (Å²) in [5, 5.41) is 5.13. The van der Waals surface area contributed by atoms with E-state index in [1.165, 1.54) is 0 Å². The van der Waals surface area contributed by atoms with Crippen molar-refractivity contribution in [3.63, 3.8) is 0 Å². The van der Waals surface area contributed by atoms with Gasteiger partial charge in [-0.1, -0.05) is 0 Å². The zero-order valence-corrected chi connectivity index (χ0v) is 9.98. The molecule has 2 heterocycles. The summed E-state index contributed by atoms with van der Waals surface area (Å²) in [5.74, 6) is 0. The number of carbonyl (C=O) groups is 1. The number of nitrogens with zero attached hydrogens (tertiary/aromatic N) is 3. The fourth-order valence-corrected chi connectivity index (χ4v) is 1.74. The molecule has 4 nitrogen and oxygen atoms in total. The van der Waals surface area contributed by atoms with E-state index in [1.54, 1.807) is 12.3 Å². The molecule has 0 aliphatic heterocycles. The molecule has 0 unspecified atom stereocenters. The van der Waals surface area contributed by atoms with Gasteiger partial charge in [-0.05, 0) is 33.8 Å². The monoisotopic (exact) mass is 217 g/mol. The summed E-state index contributed by atoms with van der Waals surface area (Å²) in [7, 11) is 0. The second kappa shape index (κ2) is 3.40. The highest BCUT2D eigenvalue weighted by Gasteiger charge is 2.19. The Kier molecular flexibility index (Phi) is 2.30. The molecule has 0 aromatic carbocycles. The summed E-state index contributed by atoms with van der Waals surface area (Å²) < 4.78 is 1.85. The fraction of sp³-hybridized carbons (Fsp3) is 0.417. The summed E-state index contributed by atoms with van der Waals surface area (Å²) in [5.41, 5.74) is 2.12. The third-order valence-corrected chi connectivity index (χ3v) is 2.46. The van der Waals surface area contributed by atoms with Crippen molar-refractivity contribution in [1.29, 1.82) is 0 Å². The number of aldehydes is 1. The minimum absolute atomic E-state index is 0.136. The Bertz CT molecular complexity index is 549. The maximum atomic E-state index is 11.0. The van der Waals surface area contributed by atoms with E-state index < -0.39 is 0 Å². The molecular weight excluding hydrogens is 202 g/mol. The van der Waals surface area contributed by atoms with Crippen LogP contribution in [0.4, 0.5) is 0 Å². The molecule has 0 aliphatic rings. The number of pyridine rings is 1. The van der Waals surface area contributed by atoms with Crippen molar-refractivity contribution >= 4 is 17.3 Å². The standard InChI is InChI=1S/C12H15N3O/c1-8-5-9(7-16)10-6-13-15(11(10)14-8)12(2,3)4/h5-7H,1-4H3. The molecule has 16 heavy (non-hydrogen) atoms. The van der Waals surface area contributed by atoms with Crippen LogP contribution in [0.2, 0.25) is 0 Å². The second-order valence-electron chi connectivity index (χ2n) is 4.94. The van der Waals surface area contributed by atoms with E-state index in [0.717, 1.165) is 23.0 Å². The lowest BCUT2D eigenvalue weighted by Gasteiger charge is -2.19. The predicted molar refractivity (Wildman–Crippen MR) is 62.6 cm³/mol. The first-order chi connectivity index (χ1) is 7.43. The molecule has 2 aromatic heterocycles. The summed E-state index contributed by atoms with van der Waals surface area (Å²) in [4.78, 5) is 15.4. The van der Waals surface area contributed by atoms with Gasteiger partial charge in [0.05, 0.1) is 11.7 Å². The third kappa shape index (κ3) is 1.60. The van der Waals surface area contributed by atoms with Gasteiger partial charge in [0.15, 0.2) is 11.9 Å². The van der Waals surface area contributed by atoms with E-state index in [2.05, 4.69) is 30.9 Å². The first-order valence-electron chi connectivity index (χ1n) is 5.24. The summed E-state index contributed by atoms with van der Waals surface area (Å²) in [6, 6.07) is 1.78. The Morgan fingerprint density at radius 1 is 1.38 bits per heavy atom. The smallest absolute Gasteiger partial charge is 0.159 e. The summed E-state index contributed by atoms with van der Waals surface area (Å²) >= 11 is 0. The molecule has 0 N–H and O–H groups in total. The molecule has 0 saturated carbocycles. The Labute approximate surface area is 94.3 Å². The maximum Gasteiger partial charge on any atom is 0.159 e. The zero-order chi connectivity index (χ0) is 11.9. The van der Waals surface area contributed by atoms with Crippen LogP contribution in [0.3, 0.4) is 0 Å². The Morgan fingerprint density at radius 3 is 2.62 bits per heavy atom. The third-order valence-electron chi connectivity index (χ3n) is 2.46. The predicted octanol–water partition coefficient (Wildman–Crippen LogP) is 2.31. The number of carbonyl (C=O) groups excluding carboxylic acids is 1. The molecular formula is C12H15N3O. The van der Waals surface area contributed by atoms with Gasteiger partial charge in [0.25, 0.3) is 0 Å². The molecule has 2 aromatic rings. The molecule has 4 heteroatoms. The van der Waals surface area contributed by atoms with Gasteiger partial charge in [0.1, 0.15) is 0 Å². The quantitative estimate of drug-likeness (QED) is 0.689. The lowest BCUT2D eigenvalue weighted by Crippen LogP contribution is -2.23. The largest absolute Gasteiger partial charge is 0.298 e. The Morgan fingerprint density at radius 2 is 2.06 bits per heavy atom. The number of fused-ring (bicyclic) bond motifs is 1. The molecule has 84 valence electrons. The second-order valence-corrected chi connectivity index (χ2v) is 4.94. The van der Waals surface area contributed by atoms with Crippen molar-refractivity contribution in [2.24, 2.45) is 0 Å². The van der Waals surface area contributed by atoms with Gasteiger partial charge >= 0.3 is 0 Å². The highest BCUT2D eigenvalue weighted by molar-refractivity contribution is 5.95. The first kappa shape index (κ1) is 10.8. The number of hydrogen-bond donors (Lipinski definition) is 0. The highest BCUT2D eigenvalue weighted by atomic mass is 16.1. The number of aromatic nitrogens is 3. The van der Waals surface area contributed by atoms with Crippen LogP contribution in [-0.4, -0.2) is 21.1 Å². The molecule has 0 saturated heterocycles. The van der Waals surface area contributed by atoms with Crippen LogP contribution in [-0.2, 0) is 5.54 Å². The van der Waals surface area contributed by atoms with Crippen molar-refractivity contribution in [2.45, 2.75) is 33.2 Å². The van der Waals surface area contributed by atoms with Crippen LogP contribution in [0, 0.1) is 6.92 Å². The van der Waals surface area contributed by atoms with Gasteiger partial charge in [0.2, 0.25) is 0 Å². The number of aryl methyl sites for hydroxylation is 1. The van der Waals surface area contributed by atoms with E-state index >= 15 is 0 Å². The van der Waals surface area contributed by atoms with E-state index in [9.17, 15) is 4.79 Å². The van der Waals surface area contributed by atoms with Gasteiger partial charge in [0, 0.05) is 16.6 Å². The van der Waals surface area contributed by atoms with Crippen molar-refractivity contribution < 1.29 is 4.79 Å². The molecule has 0 aliphatic carbocycles. The van der Waals surface area contributed by atoms with Crippen LogP contribution in [0.25, 0.3) is 11.0 Å². The van der Waals surface area contributed by atoms with Gasteiger partial charge in [-0.25, -0.2) is 9.67 Å². The van der Waals surface area contributed by atoms with Crippen molar-refractivity contribution in [2.75, 3.05) is 0 Å². The molecule has 0 radical (unpaired) electrons. The van der Waals surface area contributed by atoms with E-state index in [0.29, 0.717) is 5.56 Å². The van der Waals surface area contributed by atoms with Crippen LogP contribution >= 0.6 is 0 Å². The minimum atomic E-state index is -0.136. The number of rotatable bonds is 1. The van der Waals surface area contributed by atoms with Crippen LogP contribution in [0.5, 0.6) is 0 Å². The van der Waals surface area contributed by atoms with Crippen molar-refractivity contribution in [1.82, 2.24) is 14.8 Å². The first-order valence-corrected chi connectivity index (χ1v) is 5.24. The zero-order valence-electron chi connectivity index (χ0n) is 9.98. The average molecular weight is 217 g/mol. The lowest BCUT2D eigenvalue weighted by molar-refractivity contribution is 0.112. The van der Waals surface area contributed by atoms with Gasteiger partial charge in [-0.2, -0.15) is 5.10 Å². The molecule has 0 fully saturated rings. The van der Waals surface area contributed by atoms with Crippen molar-refractivity contribution in [3.8, 4) is 0 Å². The van der Waals surface area contributed by atoms with Crippen LogP contribution in [0.15, 0.2) is 12.3 Å². The molecule has 0 amide bonds.